The number of pyridine rings is 1. The highest BCUT2D eigenvalue weighted by molar-refractivity contribution is 7.99. The molecule has 0 spiro atoms. The number of benzene rings is 2. The zero-order chi connectivity index (χ0) is 24.3. The van der Waals surface area contributed by atoms with Crippen LogP contribution in [0.5, 0.6) is 0 Å². The number of hydrogen-bond donors (Lipinski definition) is 4. The van der Waals surface area contributed by atoms with Crippen molar-refractivity contribution in [3.8, 4) is 0 Å². The highest BCUT2D eigenvalue weighted by Gasteiger charge is 2.08. The van der Waals surface area contributed by atoms with Crippen molar-refractivity contribution in [2.45, 2.75) is 41.9 Å². The van der Waals surface area contributed by atoms with Gasteiger partial charge in [-0.25, -0.2) is 0 Å². The highest BCUT2D eigenvalue weighted by atomic mass is 32.2. The second-order valence-electron chi connectivity index (χ2n) is 8.31. The van der Waals surface area contributed by atoms with Gasteiger partial charge in [0, 0.05) is 39.3 Å². The van der Waals surface area contributed by atoms with E-state index in [9.17, 15) is 0 Å². The summed E-state index contributed by atoms with van der Waals surface area (Å²) >= 11 is 1.75. The molecule has 2 heterocycles. The Hall–Kier alpha value is -3.55. The summed E-state index contributed by atoms with van der Waals surface area (Å²) in [7, 11) is 0. The number of anilines is 1. The molecule has 0 atom stereocenters. The van der Waals surface area contributed by atoms with Gasteiger partial charge >= 0.3 is 0 Å². The molecule has 0 bridgehead atoms. The zero-order valence-corrected chi connectivity index (χ0v) is 20.5. The molecule has 0 amide bonds. The summed E-state index contributed by atoms with van der Waals surface area (Å²) in [6.07, 6.45) is 11.0. The average molecular weight is 486 g/mol. The number of hydrogen-bond acceptors (Lipinski definition) is 6. The lowest BCUT2D eigenvalue weighted by Crippen LogP contribution is -2.05. The molecule has 0 radical (unpaired) electrons. The van der Waals surface area contributed by atoms with Crippen molar-refractivity contribution in [3.05, 3.63) is 90.5 Å². The van der Waals surface area contributed by atoms with E-state index >= 15 is 0 Å². The summed E-state index contributed by atoms with van der Waals surface area (Å²) in [5.41, 5.74) is 6.77. The number of aromatic amines is 1. The third-order valence-electron chi connectivity index (χ3n) is 5.66. The highest BCUT2D eigenvalue weighted by Crippen LogP contribution is 2.35. The summed E-state index contributed by atoms with van der Waals surface area (Å²) in [5.74, 6) is 0. The van der Waals surface area contributed by atoms with Crippen molar-refractivity contribution in [1.82, 2.24) is 20.7 Å². The Labute approximate surface area is 210 Å². The molecule has 2 aromatic heterocycles. The lowest BCUT2D eigenvalue weighted by molar-refractivity contribution is 0.196. The van der Waals surface area contributed by atoms with Gasteiger partial charge < -0.3 is 5.32 Å². The van der Waals surface area contributed by atoms with Crippen LogP contribution in [-0.4, -0.2) is 26.9 Å². The third-order valence-corrected chi connectivity index (χ3v) is 6.72. The molecule has 0 unspecified atom stereocenters. The Morgan fingerprint density at radius 2 is 1.86 bits per heavy atom. The van der Waals surface area contributed by atoms with Crippen molar-refractivity contribution in [2.75, 3.05) is 11.9 Å². The van der Waals surface area contributed by atoms with Crippen molar-refractivity contribution in [1.29, 1.82) is 0 Å². The standard InChI is InChI=1S/C28H31N5OS/c1-21(33-34)10-4-2-3-8-19-30-26-12-5-6-13-28(26)35-23-15-16-24-25(31-32-27(24)20-23)17-14-22-11-7-9-18-29-22/h5-7,9,11-18,20,30,33-34H,1-4,8,10,19H2,(H,31,32)/b17-14+. The maximum absolute atomic E-state index is 8.78. The normalized spacial score (nSPS) is 11.2. The van der Waals surface area contributed by atoms with Crippen LogP contribution in [0.4, 0.5) is 5.69 Å². The average Bonchev–Trinajstić information content (AvgIpc) is 3.30. The second-order valence-corrected chi connectivity index (χ2v) is 9.42. The SMILES string of the molecule is C=C(CCCCCCNc1ccccc1Sc1ccc2c(/C=C/c3ccccn3)n[nH]c2c1)NO. The van der Waals surface area contributed by atoms with E-state index in [4.69, 9.17) is 5.21 Å². The van der Waals surface area contributed by atoms with Gasteiger partial charge in [0.15, 0.2) is 0 Å². The van der Waals surface area contributed by atoms with Crippen LogP contribution < -0.4 is 10.8 Å². The van der Waals surface area contributed by atoms with Crippen LogP contribution in [0.2, 0.25) is 0 Å². The monoisotopic (exact) mass is 485 g/mol. The summed E-state index contributed by atoms with van der Waals surface area (Å²) in [6.45, 7) is 4.67. The second kappa shape index (κ2) is 12.8. The molecule has 180 valence electrons. The molecule has 0 aliphatic carbocycles. The first-order chi connectivity index (χ1) is 17.2. The van der Waals surface area contributed by atoms with Crippen LogP contribution in [0.3, 0.4) is 0 Å². The van der Waals surface area contributed by atoms with Gasteiger partial charge in [-0.2, -0.15) is 5.10 Å². The molecule has 4 aromatic rings. The van der Waals surface area contributed by atoms with Gasteiger partial charge in [-0.05, 0) is 73.9 Å². The number of rotatable bonds is 13. The van der Waals surface area contributed by atoms with Crippen LogP contribution in [0.15, 0.2) is 88.9 Å². The quantitative estimate of drug-likeness (QED) is 0.119. The number of H-pyrrole nitrogens is 1. The largest absolute Gasteiger partial charge is 0.384 e. The summed E-state index contributed by atoms with van der Waals surface area (Å²) in [5, 5.41) is 21.1. The number of unbranched alkanes of at least 4 members (excludes halogenated alkanes) is 3. The molecule has 0 saturated heterocycles. The lowest BCUT2D eigenvalue weighted by atomic mass is 10.1. The van der Waals surface area contributed by atoms with E-state index in [0.717, 1.165) is 71.5 Å². The fraction of sp³-hybridized carbons (Fsp3) is 0.214. The predicted octanol–water partition coefficient (Wildman–Crippen LogP) is 7.13. The summed E-state index contributed by atoms with van der Waals surface area (Å²) < 4.78 is 0. The zero-order valence-electron chi connectivity index (χ0n) is 19.7. The van der Waals surface area contributed by atoms with E-state index in [1.807, 2.05) is 30.4 Å². The predicted molar refractivity (Wildman–Crippen MR) is 145 cm³/mol. The molecular formula is C28H31N5OS. The van der Waals surface area contributed by atoms with Crippen LogP contribution in [0.1, 0.15) is 43.5 Å². The number of hydroxylamine groups is 1. The van der Waals surface area contributed by atoms with Gasteiger partial charge in [-0.15, -0.1) is 0 Å². The molecule has 0 saturated carbocycles. The van der Waals surface area contributed by atoms with Crippen LogP contribution in [0.25, 0.3) is 23.1 Å². The Morgan fingerprint density at radius 1 is 1.00 bits per heavy atom. The minimum atomic E-state index is 0.680. The molecule has 2 aromatic carbocycles. The molecular weight excluding hydrogens is 454 g/mol. The number of nitrogens with one attached hydrogen (secondary N) is 3. The van der Waals surface area contributed by atoms with E-state index in [0.29, 0.717) is 5.70 Å². The van der Waals surface area contributed by atoms with E-state index in [2.05, 4.69) is 75.0 Å². The van der Waals surface area contributed by atoms with Crippen molar-refractivity contribution >= 4 is 40.5 Å². The molecule has 0 aliphatic heterocycles. The Bertz CT molecular complexity index is 1270. The fourth-order valence-corrected chi connectivity index (χ4v) is 4.74. The molecule has 0 aliphatic rings. The maximum atomic E-state index is 8.78. The lowest BCUT2D eigenvalue weighted by Gasteiger charge is -2.12. The summed E-state index contributed by atoms with van der Waals surface area (Å²) in [4.78, 5) is 6.69. The van der Waals surface area contributed by atoms with E-state index in [-0.39, 0.29) is 0 Å². The van der Waals surface area contributed by atoms with Crippen molar-refractivity contribution in [2.24, 2.45) is 0 Å². The van der Waals surface area contributed by atoms with Crippen molar-refractivity contribution < 1.29 is 5.21 Å². The van der Waals surface area contributed by atoms with Gasteiger partial charge in [-0.1, -0.05) is 49.4 Å². The number of nitrogens with zero attached hydrogens (tertiary/aromatic N) is 2. The van der Waals surface area contributed by atoms with E-state index < -0.39 is 0 Å². The number of para-hydroxylation sites is 1. The fourth-order valence-electron chi connectivity index (χ4n) is 3.77. The van der Waals surface area contributed by atoms with Gasteiger partial charge in [-0.3, -0.25) is 20.8 Å². The Balaban J connectivity index is 1.33. The topological polar surface area (TPSA) is 85.9 Å². The molecule has 7 heteroatoms. The number of allylic oxidation sites excluding steroid dienone is 1. The molecule has 4 rings (SSSR count). The third kappa shape index (κ3) is 7.21. The van der Waals surface area contributed by atoms with Crippen LogP contribution >= 0.6 is 11.8 Å². The molecule has 4 N–H and O–H groups in total. The molecule has 35 heavy (non-hydrogen) atoms. The van der Waals surface area contributed by atoms with E-state index in [1.54, 1.807) is 18.0 Å². The van der Waals surface area contributed by atoms with Gasteiger partial charge in [0.1, 0.15) is 0 Å². The minimum absolute atomic E-state index is 0.680. The maximum Gasteiger partial charge on any atom is 0.0928 e. The van der Waals surface area contributed by atoms with Gasteiger partial charge in [0.25, 0.3) is 0 Å². The Kier molecular flexibility index (Phi) is 8.98. The minimum Gasteiger partial charge on any atom is -0.384 e. The number of fused-ring (bicyclic) bond motifs is 1. The van der Waals surface area contributed by atoms with Crippen LogP contribution in [0, 0.1) is 0 Å². The summed E-state index contributed by atoms with van der Waals surface area (Å²) in [6, 6.07) is 20.7. The molecule has 0 fully saturated rings. The molecule has 6 nitrogen and oxygen atoms in total. The first-order valence-electron chi connectivity index (χ1n) is 11.9. The smallest absolute Gasteiger partial charge is 0.0928 e. The Morgan fingerprint density at radius 3 is 2.71 bits per heavy atom. The first-order valence-corrected chi connectivity index (χ1v) is 12.7. The van der Waals surface area contributed by atoms with E-state index in [1.165, 1.54) is 4.90 Å². The number of aromatic nitrogens is 3. The van der Waals surface area contributed by atoms with Gasteiger partial charge in [0.05, 0.1) is 16.9 Å². The van der Waals surface area contributed by atoms with Crippen LogP contribution in [-0.2, 0) is 0 Å². The van der Waals surface area contributed by atoms with Gasteiger partial charge in [0.2, 0.25) is 0 Å². The first kappa shape index (κ1) is 24.6. The van der Waals surface area contributed by atoms with Crippen molar-refractivity contribution in [3.63, 3.8) is 0 Å².